The number of hydrogen-bond acceptors (Lipinski definition) is 3. The summed E-state index contributed by atoms with van der Waals surface area (Å²) in [5.41, 5.74) is 3.82. The molecule has 3 aromatic carbocycles. The second-order valence-corrected chi connectivity index (χ2v) is 11.2. The second kappa shape index (κ2) is 11.5. The molecule has 0 spiro atoms. The van der Waals surface area contributed by atoms with Crippen LogP contribution in [0.2, 0.25) is 10.0 Å². The van der Waals surface area contributed by atoms with Gasteiger partial charge in [0.05, 0.1) is 22.2 Å². The van der Waals surface area contributed by atoms with Crippen molar-refractivity contribution in [2.45, 2.75) is 44.2 Å². The predicted molar refractivity (Wildman–Crippen MR) is 153 cm³/mol. The van der Waals surface area contributed by atoms with E-state index in [0.717, 1.165) is 50.9 Å². The number of hydrogen-bond donors (Lipinski definition) is 1. The monoisotopic (exact) mass is 549 g/mol. The molecule has 0 aliphatic carbocycles. The highest BCUT2D eigenvalue weighted by molar-refractivity contribution is 6.36. The van der Waals surface area contributed by atoms with Crippen molar-refractivity contribution in [2.75, 3.05) is 26.2 Å². The summed E-state index contributed by atoms with van der Waals surface area (Å²) in [5, 5.41) is 4.16. The largest absolute Gasteiger partial charge is 0.347 e. The highest BCUT2D eigenvalue weighted by Gasteiger charge is 2.38. The van der Waals surface area contributed by atoms with Gasteiger partial charge in [-0.1, -0.05) is 77.8 Å². The molecule has 1 atom stereocenters. The topological polar surface area (TPSA) is 52.7 Å². The van der Waals surface area contributed by atoms with E-state index in [1.165, 1.54) is 11.1 Å². The fraction of sp³-hybridized carbons (Fsp3) is 0.355. The summed E-state index contributed by atoms with van der Waals surface area (Å²) in [4.78, 5) is 30.2. The molecule has 2 aliphatic heterocycles. The zero-order valence-electron chi connectivity index (χ0n) is 21.6. The molecule has 5 rings (SSSR count). The van der Waals surface area contributed by atoms with Gasteiger partial charge in [-0.2, -0.15) is 0 Å². The van der Waals surface area contributed by atoms with Crippen LogP contribution in [0.1, 0.15) is 59.3 Å². The lowest BCUT2D eigenvalue weighted by Crippen LogP contribution is -2.53. The summed E-state index contributed by atoms with van der Waals surface area (Å²) in [5.74, 6) is -0.0605. The van der Waals surface area contributed by atoms with Crippen LogP contribution in [0, 0.1) is 0 Å². The molecule has 1 saturated heterocycles. The Kier molecular flexibility index (Phi) is 8.08. The average Bonchev–Trinajstić information content (AvgIpc) is 2.92. The number of nitrogens with one attached hydrogen (secondary N) is 1. The highest BCUT2D eigenvalue weighted by atomic mass is 35.5. The molecule has 2 heterocycles. The van der Waals surface area contributed by atoms with Gasteiger partial charge in [-0.3, -0.25) is 9.59 Å². The summed E-state index contributed by atoms with van der Waals surface area (Å²) in [6.45, 7) is 4.86. The fourth-order valence-corrected chi connectivity index (χ4v) is 6.56. The van der Waals surface area contributed by atoms with Crippen molar-refractivity contribution in [3.63, 3.8) is 0 Å². The Balaban J connectivity index is 1.32. The van der Waals surface area contributed by atoms with Gasteiger partial charge >= 0.3 is 0 Å². The minimum Gasteiger partial charge on any atom is -0.347 e. The summed E-state index contributed by atoms with van der Waals surface area (Å²) in [7, 11) is 0. The van der Waals surface area contributed by atoms with Crippen LogP contribution in [0.25, 0.3) is 0 Å². The van der Waals surface area contributed by atoms with Crippen molar-refractivity contribution in [1.82, 2.24) is 15.1 Å². The molecule has 198 valence electrons. The molecule has 1 N–H and O–H groups in total. The molecule has 5 nitrogen and oxygen atoms in total. The van der Waals surface area contributed by atoms with Gasteiger partial charge in [-0.25, -0.2) is 0 Å². The number of benzene rings is 3. The van der Waals surface area contributed by atoms with Crippen molar-refractivity contribution in [3.05, 3.63) is 105 Å². The zero-order chi connectivity index (χ0) is 26.7. The first kappa shape index (κ1) is 26.7. The smallest absolute Gasteiger partial charge is 0.255 e. The lowest BCUT2D eigenvalue weighted by Gasteiger charge is -2.44. The van der Waals surface area contributed by atoms with Crippen molar-refractivity contribution >= 4 is 35.0 Å². The predicted octanol–water partition coefficient (Wildman–Crippen LogP) is 6.25. The summed E-state index contributed by atoms with van der Waals surface area (Å²) in [6.07, 6.45) is 3.35. The number of carbonyl (C=O) groups is 2. The molecule has 0 bridgehead atoms. The van der Waals surface area contributed by atoms with E-state index in [9.17, 15) is 9.59 Å². The second-order valence-electron chi connectivity index (χ2n) is 10.3. The number of likely N-dealkylation sites (tertiary alicyclic amines) is 1. The van der Waals surface area contributed by atoms with Crippen molar-refractivity contribution in [2.24, 2.45) is 0 Å². The molecule has 38 heavy (non-hydrogen) atoms. The lowest BCUT2D eigenvalue weighted by molar-refractivity contribution is -0.121. The molecule has 3 aromatic rings. The van der Waals surface area contributed by atoms with Crippen LogP contribution in [-0.4, -0.2) is 47.8 Å². The van der Waals surface area contributed by atoms with Gasteiger partial charge in [0.1, 0.15) is 0 Å². The van der Waals surface area contributed by atoms with E-state index in [0.29, 0.717) is 22.2 Å². The van der Waals surface area contributed by atoms with E-state index in [1.807, 2.05) is 23.1 Å². The standard InChI is InChI=1S/C31H33Cl2N3O2/c1-22(37)34-31(24-8-3-2-4-9-24)15-19-35(20-16-31)17-14-29-26-10-6-5-7-23(26)13-18-36(29)30(38)27-12-11-25(32)21-28(27)33/h2-12,21,29H,13-20H2,1H3,(H,34,37). The molecule has 1 unspecified atom stereocenters. The van der Waals surface area contributed by atoms with E-state index >= 15 is 0 Å². The van der Waals surface area contributed by atoms with Gasteiger partial charge in [0.15, 0.2) is 0 Å². The van der Waals surface area contributed by atoms with Crippen molar-refractivity contribution in [3.8, 4) is 0 Å². The van der Waals surface area contributed by atoms with Crippen LogP contribution in [0.15, 0.2) is 72.8 Å². The number of fused-ring (bicyclic) bond motifs is 1. The Hall–Kier alpha value is -2.86. The molecule has 1 fully saturated rings. The van der Waals surface area contributed by atoms with Crippen LogP contribution < -0.4 is 5.32 Å². The van der Waals surface area contributed by atoms with E-state index in [1.54, 1.807) is 25.1 Å². The normalized spacial score (nSPS) is 19.0. The third-order valence-electron chi connectivity index (χ3n) is 8.00. The third kappa shape index (κ3) is 5.61. The first-order valence-corrected chi connectivity index (χ1v) is 14.0. The highest BCUT2D eigenvalue weighted by Crippen LogP contribution is 2.37. The van der Waals surface area contributed by atoms with Crippen LogP contribution in [0.5, 0.6) is 0 Å². The number of amides is 2. The van der Waals surface area contributed by atoms with Gasteiger partial charge in [-0.15, -0.1) is 0 Å². The van der Waals surface area contributed by atoms with E-state index < -0.39 is 0 Å². The molecule has 7 heteroatoms. The van der Waals surface area contributed by atoms with Gasteiger partial charge in [0.2, 0.25) is 5.91 Å². The molecule has 2 aliphatic rings. The van der Waals surface area contributed by atoms with Crippen molar-refractivity contribution < 1.29 is 9.59 Å². The van der Waals surface area contributed by atoms with Gasteiger partial charge < -0.3 is 15.1 Å². The van der Waals surface area contributed by atoms with Crippen LogP contribution in [0.3, 0.4) is 0 Å². The maximum Gasteiger partial charge on any atom is 0.255 e. The Bertz CT molecular complexity index is 1310. The fourth-order valence-electron chi connectivity index (χ4n) is 6.07. The number of nitrogens with zero attached hydrogens (tertiary/aromatic N) is 2. The van der Waals surface area contributed by atoms with Gasteiger partial charge in [0, 0.05) is 38.1 Å². The zero-order valence-corrected chi connectivity index (χ0v) is 23.1. The molecule has 0 saturated carbocycles. The maximum atomic E-state index is 13.7. The molecule has 0 aromatic heterocycles. The lowest BCUT2D eigenvalue weighted by atomic mass is 9.80. The van der Waals surface area contributed by atoms with Crippen LogP contribution in [-0.2, 0) is 16.8 Å². The number of piperidine rings is 1. The average molecular weight is 551 g/mol. The summed E-state index contributed by atoms with van der Waals surface area (Å²) >= 11 is 12.5. The van der Waals surface area contributed by atoms with E-state index in [2.05, 4.69) is 46.6 Å². The Morgan fingerprint density at radius 2 is 1.66 bits per heavy atom. The SMILES string of the molecule is CC(=O)NC1(c2ccccc2)CCN(CCC2c3ccccc3CCN2C(=O)c2ccc(Cl)cc2Cl)CC1. The van der Waals surface area contributed by atoms with Crippen molar-refractivity contribution in [1.29, 1.82) is 0 Å². The van der Waals surface area contributed by atoms with Crippen LogP contribution >= 0.6 is 23.2 Å². The molecular weight excluding hydrogens is 517 g/mol. The first-order chi connectivity index (χ1) is 18.4. The Morgan fingerprint density at radius 1 is 0.947 bits per heavy atom. The first-order valence-electron chi connectivity index (χ1n) is 13.3. The number of carbonyl (C=O) groups excluding carboxylic acids is 2. The minimum absolute atomic E-state index is 0.00358. The summed E-state index contributed by atoms with van der Waals surface area (Å²) in [6, 6.07) is 23.8. The Morgan fingerprint density at radius 3 is 2.37 bits per heavy atom. The summed E-state index contributed by atoms with van der Waals surface area (Å²) < 4.78 is 0. The molecular formula is C31H33Cl2N3O2. The van der Waals surface area contributed by atoms with Gasteiger partial charge in [-0.05, 0) is 60.6 Å². The van der Waals surface area contributed by atoms with E-state index in [4.69, 9.17) is 23.2 Å². The van der Waals surface area contributed by atoms with E-state index in [-0.39, 0.29) is 23.4 Å². The van der Waals surface area contributed by atoms with Crippen LogP contribution in [0.4, 0.5) is 0 Å². The third-order valence-corrected chi connectivity index (χ3v) is 8.55. The maximum absolute atomic E-state index is 13.7. The minimum atomic E-state index is -0.339. The number of halogens is 2. The number of rotatable bonds is 6. The quantitative estimate of drug-likeness (QED) is 0.395. The molecule has 2 amide bonds. The van der Waals surface area contributed by atoms with Gasteiger partial charge in [0.25, 0.3) is 5.91 Å². The molecule has 0 radical (unpaired) electrons. The Labute approximate surface area is 234 Å².